The maximum Gasteiger partial charge on any atom is 0.259 e. The second-order valence-corrected chi connectivity index (χ2v) is 10.7. The number of rotatable bonds is 6. The molecule has 1 N–H and O–H groups in total. The molecule has 0 saturated heterocycles. The van der Waals surface area contributed by atoms with Gasteiger partial charge in [0, 0.05) is 42.8 Å². The Balaban J connectivity index is 1.62. The van der Waals surface area contributed by atoms with Gasteiger partial charge in [-0.2, -0.15) is 0 Å². The molecule has 39 heavy (non-hydrogen) atoms. The number of hydrogen-bond donors (Lipinski definition) is 1. The van der Waals surface area contributed by atoms with E-state index in [-0.39, 0.29) is 48.3 Å². The van der Waals surface area contributed by atoms with Gasteiger partial charge in [0.1, 0.15) is 17.4 Å². The van der Waals surface area contributed by atoms with Crippen molar-refractivity contribution in [1.82, 2.24) is 14.8 Å². The highest BCUT2D eigenvalue weighted by Gasteiger charge is 2.35. The van der Waals surface area contributed by atoms with Crippen LogP contribution in [0.4, 0.5) is 0 Å². The summed E-state index contributed by atoms with van der Waals surface area (Å²) in [5, 5.41) is 9.91. The van der Waals surface area contributed by atoms with Gasteiger partial charge in [0.15, 0.2) is 0 Å². The molecule has 1 aliphatic carbocycles. The van der Waals surface area contributed by atoms with E-state index in [1.54, 1.807) is 29.2 Å². The molecule has 4 rings (SSSR count). The summed E-state index contributed by atoms with van der Waals surface area (Å²) in [4.78, 5) is 34.8. The van der Waals surface area contributed by atoms with Crippen LogP contribution in [-0.2, 0) is 4.79 Å². The first-order valence-electron chi connectivity index (χ1n) is 13.8. The van der Waals surface area contributed by atoms with Crippen LogP contribution in [0.3, 0.4) is 0 Å². The molecule has 2 heterocycles. The van der Waals surface area contributed by atoms with E-state index in [2.05, 4.69) is 16.8 Å². The smallest absolute Gasteiger partial charge is 0.259 e. The van der Waals surface area contributed by atoms with E-state index in [1.165, 1.54) is 6.42 Å². The highest BCUT2D eigenvalue weighted by atomic mass is 16.5. The number of aliphatic hydroxyl groups is 1. The van der Waals surface area contributed by atoms with Gasteiger partial charge in [-0.25, -0.2) is 4.98 Å². The molecule has 0 unspecified atom stereocenters. The predicted octanol–water partition coefficient (Wildman–Crippen LogP) is 3.75. The molecule has 2 aliphatic rings. The number of methoxy groups -OCH3 is 1. The van der Waals surface area contributed by atoms with Crippen LogP contribution < -0.4 is 9.47 Å². The fraction of sp³-hybridized carbons (Fsp3) is 0.516. The molecule has 1 fully saturated rings. The first kappa shape index (κ1) is 28.4. The minimum atomic E-state index is -0.389. The number of nitrogens with zero attached hydrogens (tertiary/aromatic N) is 3. The fourth-order valence-electron chi connectivity index (χ4n) is 5.25. The summed E-state index contributed by atoms with van der Waals surface area (Å²) in [5.41, 5.74) is 1.64. The van der Waals surface area contributed by atoms with Gasteiger partial charge in [0.2, 0.25) is 11.8 Å². The van der Waals surface area contributed by atoms with Crippen molar-refractivity contribution in [2.24, 2.45) is 11.8 Å². The second-order valence-electron chi connectivity index (χ2n) is 10.7. The lowest BCUT2D eigenvalue weighted by atomic mass is 9.88. The molecule has 1 saturated carbocycles. The number of likely N-dealkylation sites (N-methyl/N-ethyl adjacent to an activating group) is 1. The van der Waals surface area contributed by atoms with Crippen molar-refractivity contribution in [1.29, 1.82) is 0 Å². The molecular formula is C31H39N3O5. The van der Waals surface area contributed by atoms with Crippen LogP contribution in [0.5, 0.6) is 11.6 Å². The average Bonchev–Trinajstić information content (AvgIpc) is 2.97. The number of amides is 2. The SMILES string of the molecule is COc1cccc(C#Cc2cnc3c(c2)C(=O)N([C@H](C)CO)C[C@H](C)[C@H](CN(C)C(=O)C2CCCCC2)O3)c1. The molecule has 1 aromatic heterocycles. The minimum absolute atomic E-state index is 0.0659. The van der Waals surface area contributed by atoms with Gasteiger partial charge in [-0.1, -0.05) is 44.1 Å². The fourth-order valence-corrected chi connectivity index (χ4v) is 5.25. The summed E-state index contributed by atoms with van der Waals surface area (Å²) >= 11 is 0. The molecule has 1 aromatic carbocycles. The summed E-state index contributed by atoms with van der Waals surface area (Å²) in [6.45, 7) is 4.44. The summed E-state index contributed by atoms with van der Waals surface area (Å²) in [6.07, 6.45) is 6.48. The highest BCUT2D eigenvalue weighted by Crippen LogP contribution is 2.29. The largest absolute Gasteiger partial charge is 0.497 e. The Morgan fingerprint density at radius 1 is 1.23 bits per heavy atom. The third-order valence-electron chi connectivity index (χ3n) is 7.73. The predicted molar refractivity (Wildman–Crippen MR) is 149 cm³/mol. The van der Waals surface area contributed by atoms with E-state index in [1.807, 2.05) is 45.2 Å². The van der Waals surface area contributed by atoms with Crippen molar-refractivity contribution in [2.75, 3.05) is 33.9 Å². The molecule has 0 bridgehead atoms. The molecule has 0 radical (unpaired) electrons. The third kappa shape index (κ3) is 6.90. The zero-order valence-electron chi connectivity index (χ0n) is 23.4. The van der Waals surface area contributed by atoms with Crippen LogP contribution in [0.15, 0.2) is 36.5 Å². The van der Waals surface area contributed by atoms with Crippen LogP contribution in [-0.4, -0.2) is 77.7 Å². The summed E-state index contributed by atoms with van der Waals surface area (Å²) in [6, 6.07) is 8.74. The van der Waals surface area contributed by atoms with Crippen molar-refractivity contribution in [3.05, 3.63) is 53.2 Å². The Labute approximate surface area is 231 Å². The number of benzene rings is 1. The number of aliphatic hydroxyl groups excluding tert-OH is 1. The van der Waals surface area contributed by atoms with Crippen LogP contribution in [0.25, 0.3) is 0 Å². The topological polar surface area (TPSA) is 92.2 Å². The Morgan fingerprint density at radius 3 is 2.69 bits per heavy atom. The van der Waals surface area contributed by atoms with Crippen LogP contribution in [0, 0.1) is 23.7 Å². The van der Waals surface area contributed by atoms with Gasteiger partial charge in [-0.3, -0.25) is 9.59 Å². The number of carbonyl (C=O) groups is 2. The molecular weight excluding hydrogens is 494 g/mol. The summed E-state index contributed by atoms with van der Waals surface area (Å²) in [7, 11) is 3.44. The number of fused-ring (bicyclic) bond motifs is 1. The maximum absolute atomic E-state index is 13.7. The van der Waals surface area contributed by atoms with Gasteiger partial charge < -0.3 is 24.4 Å². The van der Waals surface area contributed by atoms with E-state index in [0.717, 1.165) is 31.2 Å². The lowest BCUT2D eigenvalue weighted by Gasteiger charge is -2.38. The van der Waals surface area contributed by atoms with Gasteiger partial charge in [0.05, 0.1) is 26.3 Å². The number of ether oxygens (including phenoxy) is 2. The van der Waals surface area contributed by atoms with E-state index in [9.17, 15) is 14.7 Å². The molecule has 8 heteroatoms. The second kappa shape index (κ2) is 13.0. The van der Waals surface area contributed by atoms with Crippen molar-refractivity contribution in [3.8, 4) is 23.5 Å². The van der Waals surface area contributed by atoms with Crippen molar-refractivity contribution < 1.29 is 24.2 Å². The molecule has 0 spiro atoms. The highest BCUT2D eigenvalue weighted by molar-refractivity contribution is 5.97. The maximum atomic E-state index is 13.7. The summed E-state index contributed by atoms with van der Waals surface area (Å²) in [5.74, 6) is 6.98. The van der Waals surface area contributed by atoms with Crippen molar-refractivity contribution in [3.63, 3.8) is 0 Å². The third-order valence-corrected chi connectivity index (χ3v) is 7.73. The Hall–Kier alpha value is -3.57. The molecule has 8 nitrogen and oxygen atoms in total. The quantitative estimate of drug-likeness (QED) is 0.569. The van der Waals surface area contributed by atoms with Crippen LogP contribution in [0.2, 0.25) is 0 Å². The molecule has 2 aromatic rings. The van der Waals surface area contributed by atoms with E-state index >= 15 is 0 Å². The minimum Gasteiger partial charge on any atom is -0.497 e. The molecule has 208 valence electrons. The van der Waals surface area contributed by atoms with E-state index in [0.29, 0.717) is 30.0 Å². The molecule has 2 amide bonds. The monoisotopic (exact) mass is 533 g/mol. The summed E-state index contributed by atoms with van der Waals surface area (Å²) < 4.78 is 11.6. The average molecular weight is 534 g/mol. The Kier molecular flexibility index (Phi) is 9.47. The van der Waals surface area contributed by atoms with Crippen LogP contribution in [0.1, 0.15) is 67.4 Å². The number of hydrogen-bond acceptors (Lipinski definition) is 6. The number of carbonyl (C=O) groups excluding carboxylic acids is 2. The molecule has 3 atom stereocenters. The van der Waals surface area contributed by atoms with Gasteiger partial charge in [-0.15, -0.1) is 0 Å². The van der Waals surface area contributed by atoms with Gasteiger partial charge >= 0.3 is 0 Å². The lowest BCUT2D eigenvalue weighted by molar-refractivity contribution is -0.136. The lowest BCUT2D eigenvalue weighted by Crippen LogP contribution is -2.51. The first-order chi connectivity index (χ1) is 18.8. The Morgan fingerprint density at radius 2 is 1.97 bits per heavy atom. The Bertz CT molecular complexity index is 1230. The number of pyridine rings is 1. The zero-order valence-corrected chi connectivity index (χ0v) is 23.4. The van der Waals surface area contributed by atoms with Crippen molar-refractivity contribution in [2.45, 2.75) is 58.1 Å². The standard InChI is InChI=1S/C31H39N3O5/c1-21-18-34(22(2)20-35)31(37)27-16-24(14-13-23-9-8-12-26(15-23)38-4)17-32-29(27)39-28(21)19-33(3)30(36)25-10-6-5-7-11-25/h8-9,12,15-17,21-22,25,28,35H,5-7,10-11,18-20H2,1-4H3/t21-,22+,28-/m0/s1. The normalized spacial score (nSPS) is 20.4. The van der Waals surface area contributed by atoms with Gasteiger partial charge in [0.25, 0.3) is 5.91 Å². The van der Waals surface area contributed by atoms with E-state index in [4.69, 9.17) is 9.47 Å². The zero-order chi connectivity index (χ0) is 27.9. The van der Waals surface area contributed by atoms with Gasteiger partial charge in [-0.05, 0) is 44.0 Å². The van der Waals surface area contributed by atoms with Crippen molar-refractivity contribution >= 4 is 11.8 Å². The van der Waals surface area contributed by atoms with E-state index < -0.39 is 0 Å². The van der Waals surface area contributed by atoms with Crippen LogP contribution >= 0.6 is 0 Å². The number of aromatic nitrogens is 1. The molecule has 1 aliphatic heterocycles. The first-order valence-corrected chi connectivity index (χ1v) is 13.8.